The Labute approximate surface area is 185 Å². The number of nitrogens with zero attached hydrogens (tertiary/aromatic N) is 1. The van der Waals surface area contributed by atoms with E-state index < -0.39 is 34.2 Å². The molecule has 1 aliphatic heterocycles. The summed E-state index contributed by atoms with van der Waals surface area (Å²) in [6.45, 7) is 3.67. The number of rotatable bonds is 7. The fraction of sp³-hybridized carbons (Fsp3) is 0.409. The van der Waals surface area contributed by atoms with Crippen molar-refractivity contribution in [3.63, 3.8) is 0 Å². The van der Waals surface area contributed by atoms with Gasteiger partial charge in [-0.3, -0.25) is 4.79 Å². The van der Waals surface area contributed by atoms with Crippen LogP contribution in [-0.4, -0.2) is 44.4 Å². The first kappa shape index (κ1) is 24.2. The highest BCUT2D eigenvalue weighted by molar-refractivity contribution is 7.89. The molecule has 0 aliphatic carbocycles. The molecule has 1 saturated heterocycles. The molecule has 1 amide bonds. The van der Waals surface area contributed by atoms with E-state index in [2.05, 4.69) is 5.32 Å². The minimum Gasteiger partial charge on any atom is -0.377 e. The summed E-state index contributed by atoms with van der Waals surface area (Å²) < 4.78 is 71.5. The molecule has 0 aromatic heterocycles. The maximum atomic E-state index is 13.2. The van der Waals surface area contributed by atoms with Gasteiger partial charge in [0.05, 0.1) is 23.1 Å². The van der Waals surface area contributed by atoms with Crippen molar-refractivity contribution in [2.24, 2.45) is 0 Å². The van der Waals surface area contributed by atoms with Gasteiger partial charge in [-0.25, -0.2) is 8.42 Å². The molecular formula is C22H25F3N2O4S. The van der Waals surface area contributed by atoms with Crippen molar-refractivity contribution in [3.05, 3.63) is 59.2 Å². The first-order valence-electron chi connectivity index (χ1n) is 10.1. The molecule has 6 nitrogen and oxygen atoms in total. The number of carbonyl (C=O) groups is 1. The summed E-state index contributed by atoms with van der Waals surface area (Å²) in [7, 11) is -4.23. The number of halogens is 3. The second-order valence-corrected chi connectivity index (χ2v) is 9.69. The molecule has 2 aromatic rings. The fourth-order valence-corrected chi connectivity index (χ4v) is 4.89. The first-order valence-corrected chi connectivity index (χ1v) is 11.6. The lowest BCUT2D eigenvalue weighted by atomic mass is 10.1. The maximum absolute atomic E-state index is 13.2. The van der Waals surface area contributed by atoms with Crippen molar-refractivity contribution in [3.8, 4) is 0 Å². The molecule has 3 rings (SSSR count). The summed E-state index contributed by atoms with van der Waals surface area (Å²) in [4.78, 5) is 12.4. The largest absolute Gasteiger partial charge is 0.416 e. The number of alkyl halides is 3. The Morgan fingerprint density at radius 1 is 1.16 bits per heavy atom. The van der Waals surface area contributed by atoms with Crippen LogP contribution in [0.25, 0.3) is 0 Å². The van der Waals surface area contributed by atoms with E-state index in [4.69, 9.17) is 4.74 Å². The number of sulfonamides is 1. The molecule has 1 heterocycles. The SMILES string of the molecule is Cc1cccc(NC(=O)CN(CC2CCCO2)S(=O)(=O)c2ccc(C(F)(F)F)cc2)c1C. The van der Waals surface area contributed by atoms with E-state index in [-0.39, 0.29) is 17.5 Å². The summed E-state index contributed by atoms with van der Waals surface area (Å²) in [5.74, 6) is -0.549. The number of ether oxygens (including phenoxy) is 1. The van der Waals surface area contributed by atoms with Crippen molar-refractivity contribution in [2.45, 2.75) is 43.9 Å². The molecule has 0 spiro atoms. The first-order chi connectivity index (χ1) is 15.0. The van der Waals surface area contributed by atoms with Gasteiger partial charge in [0.1, 0.15) is 0 Å². The molecule has 10 heteroatoms. The molecular weight excluding hydrogens is 445 g/mol. The van der Waals surface area contributed by atoms with Crippen molar-refractivity contribution in [1.82, 2.24) is 4.31 Å². The molecule has 1 N–H and O–H groups in total. The van der Waals surface area contributed by atoms with E-state index in [1.54, 1.807) is 12.1 Å². The van der Waals surface area contributed by atoms with Crippen LogP contribution in [0.3, 0.4) is 0 Å². The number of hydrogen-bond donors (Lipinski definition) is 1. The van der Waals surface area contributed by atoms with E-state index in [1.807, 2.05) is 19.9 Å². The molecule has 0 saturated carbocycles. The fourth-order valence-electron chi connectivity index (χ4n) is 3.46. The second kappa shape index (κ2) is 9.60. The highest BCUT2D eigenvalue weighted by Gasteiger charge is 2.33. The molecule has 0 bridgehead atoms. The van der Waals surface area contributed by atoms with E-state index in [0.717, 1.165) is 34.0 Å². The summed E-state index contributed by atoms with van der Waals surface area (Å²) in [6.07, 6.45) is -3.55. The standard InChI is InChI=1S/C22H25F3N2O4S/c1-15-5-3-7-20(16(15)2)26-21(28)14-27(13-18-6-4-12-31-18)32(29,30)19-10-8-17(9-11-19)22(23,24)25/h3,5,7-11,18H,4,6,12-14H2,1-2H3,(H,26,28). The van der Waals surface area contributed by atoms with E-state index in [1.165, 1.54) is 0 Å². The summed E-state index contributed by atoms with van der Waals surface area (Å²) >= 11 is 0. The zero-order chi connectivity index (χ0) is 23.5. The lowest BCUT2D eigenvalue weighted by Gasteiger charge is -2.25. The number of aryl methyl sites for hydroxylation is 1. The van der Waals surface area contributed by atoms with E-state index in [0.29, 0.717) is 30.8 Å². The monoisotopic (exact) mass is 470 g/mol. The van der Waals surface area contributed by atoms with Crippen LogP contribution in [0.2, 0.25) is 0 Å². The number of carbonyl (C=O) groups excluding carboxylic acids is 1. The van der Waals surface area contributed by atoms with Crippen molar-refractivity contribution < 1.29 is 31.1 Å². The van der Waals surface area contributed by atoms with Crippen LogP contribution in [0.4, 0.5) is 18.9 Å². The predicted molar refractivity (Wildman–Crippen MR) is 114 cm³/mol. The summed E-state index contributed by atoms with van der Waals surface area (Å²) in [5, 5.41) is 2.72. The minimum atomic E-state index is -4.58. The van der Waals surface area contributed by atoms with Gasteiger partial charge in [0.2, 0.25) is 15.9 Å². The van der Waals surface area contributed by atoms with Gasteiger partial charge in [0.25, 0.3) is 0 Å². The third-order valence-electron chi connectivity index (χ3n) is 5.45. The summed E-state index contributed by atoms with van der Waals surface area (Å²) in [6, 6.07) is 8.63. The van der Waals surface area contributed by atoms with Crippen LogP contribution in [-0.2, 0) is 25.7 Å². The van der Waals surface area contributed by atoms with Gasteiger partial charge in [-0.1, -0.05) is 12.1 Å². The van der Waals surface area contributed by atoms with Crippen LogP contribution in [0.15, 0.2) is 47.4 Å². The number of amides is 1. The minimum absolute atomic E-state index is 0.0659. The quantitative estimate of drug-likeness (QED) is 0.660. The molecule has 0 radical (unpaired) electrons. The number of benzene rings is 2. The predicted octanol–water partition coefficient (Wildman–Crippen LogP) is 4.13. The molecule has 1 unspecified atom stereocenters. The lowest BCUT2D eigenvalue weighted by Crippen LogP contribution is -2.42. The molecule has 1 fully saturated rings. The smallest absolute Gasteiger partial charge is 0.377 e. The normalized spacial score (nSPS) is 17.0. The Bertz CT molecular complexity index is 1060. The molecule has 2 aromatic carbocycles. The highest BCUT2D eigenvalue weighted by Crippen LogP contribution is 2.30. The van der Waals surface area contributed by atoms with Crippen LogP contribution in [0.5, 0.6) is 0 Å². The van der Waals surface area contributed by atoms with E-state index in [9.17, 15) is 26.4 Å². The van der Waals surface area contributed by atoms with Gasteiger partial charge in [0.15, 0.2) is 0 Å². The molecule has 32 heavy (non-hydrogen) atoms. The zero-order valence-electron chi connectivity index (χ0n) is 17.8. The third-order valence-corrected chi connectivity index (χ3v) is 7.28. The number of hydrogen-bond acceptors (Lipinski definition) is 4. The molecule has 1 atom stereocenters. The Balaban J connectivity index is 1.84. The second-order valence-electron chi connectivity index (χ2n) is 7.75. The number of anilines is 1. The van der Waals surface area contributed by atoms with Gasteiger partial charge >= 0.3 is 6.18 Å². The van der Waals surface area contributed by atoms with Crippen molar-refractivity contribution in [1.29, 1.82) is 0 Å². The van der Waals surface area contributed by atoms with Crippen molar-refractivity contribution >= 4 is 21.6 Å². The van der Waals surface area contributed by atoms with Gasteiger partial charge < -0.3 is 10.1 Å². The topological polar surface area (TPSA) is 75.7 Å². The van der Waals surface area contributed by atoms with Crippen LogP contribution in [0, 0.1) is 13.8 Å². The average molecular weight is 471 g/mol. The van der Waals surface area contributed by atoms with Gasteiger partial charge in [0, 0.05) is 18.8 Å². The lowest BCUT2D eigenvalue weighted by molar-refractivity contribution is -0.137. The maximum Gasteiger partial charge on any atom is 0.416 e. The average Bonchev–Trinajstić information content (AvgIpc) is 3.23. The molecule has 1 aliphatic rings. The van der Waals surface area contributed by atoms with Crippen LogP contribution < -0.4 is 5.32 Å². The third kappa shape index (κ3) is 5.67. The Hall–Kier alpha value is -2.43. The Morgan fingerprint density at radius 2 is 1.84 bits per heavy atom. The zero-order valence-corrected chi connectivity index (χ0v) is 18.6. The Kier molecular flexibility index (Phi) is 7.26. The highest BCUT2D eigenvalue weighted by atomic mass is 32.2. The van der Waals surface area contributed by atoms with Crippen molar-refractivity contribution in [2.75, 3.05) is 25.0 Å². The van der Waals surface area contributed by atoms with Gasteiger partial charge in [-0.15, -0.1) is 0 Å². The van der Waals surface area contributed by atoms with Crippen LogP contribution >= 0.6 is 0 Å². The van der Waals surface area contributed by atoms with E-state index >= 15 is 0 Å². The summed E-state index contributed by atoms with van der Waals surface area (Å²) in [5.41, 5.74) is 1.45. The molecule has 174 valence electrons. The number of nitrogens with one attached hydrogen (secondary N) is 1. The van der Waals surface area contributed by atoms with Gasteiger partial charge in [-0.05, 0) is 68.1 Å². The van der Waals surface area contributed by atoms with Gasteiger partial charge in [-0.2, -0.15) is 17.5 Å². The Morgan fingerprint density at radius 3 is 2.44 bits per heavy atom. The van der Waals surface area contributed by atoms with Crippen LogP contribution in [0.1, 0.15) is 29.5 Å².